The normalized spacial score (nSPS) is 10.0. The molecule has 1 aromatic rings. The highest BCUT2D eigenvalue weighted by molar-refractivity contribution is 5.48. The molecule has 0 radical (unpaired) electrons. The van der Waals surface area contributed by atoms with E-state index in [1.165, 1.54) is 6.92 Å². The minimum atomic E-state index is -3.02. The molecule has 2 nitrogen and oxygen atoms in total. The third-order valence-corrected chi connectivity index (χ3v) is 1.69. The minimum absolute atomic E-state index is 0.00523. The van der Waals surface area contributed by atoms with E-state index in [0.29, 0.717) is 0 Å². The van der Waals surface area contributed by atoms with Crippen LogP contribution in [0.1, 0.15) is 11.1 Å². The van der Waals surface area contributed by atoms with Crippen molar-refractivity contribution < 1.29 is 17.9 Å². The van der Waals surface area contributed by atoms with Crippen LogP contribution < -0.4 is 4.74 Å². The monoisotopic (exact) mass is 201 g/mol. The van der Waals surface area contributed by atoms with Gasteiger partial charge in [-0.25, -0.2) is 4.39 Å². The SMILES string of the molecule is Cc1c(F)ccc(OC(F)F)c1C#N. The van der Waals surface area contributed by atoms with Crippen molar-refractivity contribution in [2.45, 2.75) is 13.5 Å². The molecule has 5 heteroatoms. The molecule has 0 N–H and O–H groups in total. The van der Waals surface area contributed by atoms with Gasteiger partial charge in [-0.1, -0.05) is 0 Å². The zero-order valence-electron chi connectivity index (χ0n) is 7.22. The Morgan fingerprint density at radius 1 is 1.43 bits per heavy atom. The van der Waals surface area contributed by atoms with E-state index in [1.54, 1.807) is 6.07 Å². The minimum Gasteiger partial charge on any atom is -0.433 e. The van der Waals surface area contributed by atoms with Gasteiger partial charge in [0, 0.05) is 5.56 Å². The first-order chi connectivity index (χ1) is 6.56. The number of halogens is 3. The summed E-state index contributed by atoms with van der Waals surface area (Å²) < 4.78 is 40.6. The van der Waals surface area contributed by atoms with Gasteiger partial charge in [-0.15, -0.1) is 0 Å². The predicted molar refractivity (Wildman–Crippen MR) is 42.5 cm³/mol. The fraction of sp³-hybridized carbons (Fsp3) is 0.222. The van der Waals surface area contributed by atoms with Crippen molar-refractivity contribution in [3.63, 3.8) is 0 Å². The Morgan fingerprint density at radius 2 is 2.07 bits per heavy atom. The topological polar surface area (TPSA) is 33.0 Å². The van der Waals surface area contributed by atoms with Crippen LogP contribution in [0.3, 0.4) is 0 Å². The Morgan fingerprint density at radius 3 is 2.57 bits per heavy atom. The van der Waals surface area contributed by atoms with Crippen LogP contribution in [-0.2, 0) is 0 Å². The maximum absolute atomic E-state index is 12.9. The molecule has 0 saturated carbocycles. The average molecular weight is 201 g/mol. The number of hydrogen-bond acceptors (Lipinski definition) is 2. The van der Waals surface area contributed by atoms with Crippen LogP contribution in [0.15, 0.2) is 12.1 Å². The van der Waals surface area contributed by atoms with Gasteiger partial charge in [0.25, 0.3) is 0 Å². The molecule has 0 unspecified atom stereocenters. The van der Waals surface area contributed by atoms with E-state index in [9.17, 15) is 13.2 Å². The highest BCUT2D eigenvalue weighted by Crippen LogP contribution is 2.24. The van der Waals surface area contributed by atoms with Crippen LogP contribution in [-0.4, -0.2) is 6.61 Å². The molecule has 0 aliphatic rings. The third-order valence-electron chi connectivity index (χ3n) is 1.69. The van der Waals surface area contributed by atoms with E-state index in [2.05, 4.69) is 4.74 Å². The van der Waals surface area contributed by atoms with Gasteiger partial charge in [-0.3, -0.25) is 0 Å². The van der Waals surface area contributed by atoms with Crippen molar-refractivity contribution in [1.29, 1.82) is 5.26 Å². The van der Waals surface area contributed by atoms with E-state index < -0.39 is 12.4 Å². The first-order valence-electron chi connectivity index (χ1n) is 3.70. The maximum atomic E-state index is 12.9. The van der Waals surface area contributed by atoms with Crippen LogP contribution in [0.4, 0.5) is 13.2 Å². The van der Waals surface area contributed by atoms with E-state index in [-0.39, 0.29) is 16.9 Å². The molecular weight excluding hydrogens is 195 g/mol. The Hall–Kier alpha value is -1.70. The molecule has 14 heavy (non-hydrogen) atoms. The predicted octanol–water partition coefficient (Wildman–Crippen LogP) is 2.61. The van der Waals surface area contributed by atoms with E-state index in [0.717, 1.165) is 12.1 Å². The average Bonchev–Trinajstić information content (AvgIpc) is 2.11. The Kier molecular flexibility index (Phi) is 2.97. The zero-order valence-corrected chi connectivity index (χ0v) is 7.22. The molecule has 0 saturated heterocycles. The Labute approximate surface area is 78.5 Å². The van der Waals surface area contributed by atoms with Crippen molar-refractivity contribution in [3.8, 4) is 11.8 Å². The standard InChI is InChI=1S/C9H6F3NO/c1-5-6(4-13)8(14-9(11)12)3-2-7(5)10/h2-3,9H,1H3. The number of nitrogens with zero attached hydrogens (tertiary/aromatic N) is 1. The van der Waals surface area contributed by atoms with Crippen LogP contribution in [0.25, 0.3) is 0 Å². The molecule has 0 aliphatic carbocycles. The summed E-state index contributed by atoms with van der Waals surface area (Å²) in [7, 11) is 0. The summed E-state index contributed by atoms with van der Waals surface area (Å²) in [6.45, 7) is -1.70. The molecule has 0 aliphatic heterocycles. The second-order valence-corrected chi connectivity index (χ2v) is 2.54. The van der Waals surface area contributed by atoms with Crippen LogP contribution in [0.5, 0.6) is 5.75 Å². The van der Waals surface area contributed by atoms with Gasteiger partial charge < -0.3 is 4.74 Å². The lowest BCUT2D eigenvalue weighted by Crippen LogP contribution is -2.04. The molecule has 0 aromatic heterocycles. The lowest BCUT2D eigenvalue weighted by Gasteiger charge is -2.08. The van der Waals surface area contributed by atoms with Crippen molar-refractivity contribution in [1.82, 2.24) is 0 Å². The van der Waals surface area contributed by atoms with Crippen LogP contribution >= 0.6 is 0 Å². The summed E-state index contributed by atoms with van der Waals surface area (Å²) in [5, 5.41) is 8.60. The van der Waals surface area contributed by atoms with Crippen molar-refractivity contribution >= 4 is 0 Å². The first kappa shape index (κ1) is 10.4. The van der Waals surface area contributed by atoms with Crippen molar-refractivity contribution in [2.75, 3.05) is 0 Å². The zero-order chi connectivity index (χ0) is 10.7. The Balaban J connectivity index is 3.19. The molecule has 0 atom stereocenters. The van der Waals surface area contributed by atoms with Gasteiger partial charge in [0.1, 0.15) is 23.2 Å². The third kappa shape index (κ3) is 1.96. The van der Waals surface area contributed by atoms with Gasteiger partial charge in [-0.2, -0.15) is 14.0 Å². The number of hydrogen-bond donors (Lipinski definition) is 0. The van der Waals surface area contributed by atoms with E-state index in [1.807, 2.05) is 0 Å². The fourth-order valence-electron chi connectivity index (χ4n) is 0.995. The summed E-state index contributed by atoms with van der Waals surface area (Å²) in [5.41, 5.74) is -0.198. The molecule has 0 fully saturated rings. The van der Waals surface area contributed by atoms with Gasteiger partial charge >= 0.3 is 6.61 Å². The second kappa shape index (κ2) is 4.01. The molecule has 74 valence electrons. The molecule has 0 heterocycles. The van der Waals surface area contributed by atoms with E-state index >= 15 is 0 Å². The summed E-state index contributed by atoms with van der Waals surface area (Å²) in [6, 6.07) is 3.60. The number of nitriles is 1. The second-order valence-electron chi connectivity index (χ2n) is 2.54. The molecular formula is C9H6F3NO. The number of rotatable bonds is 2. The van der Waals surface area contributed by atoms with Crippen LogP contribution in [0, 0.1) is 24.1 Å². The lowest BCUT2D eigenvalue weighted by atomic mass is 10.1. The van der Waals surface area contributed by atoms with Crippen LogP contribution in [0.2, 0.25) is 0 Å². The highest BCUT2D eigenvalue weighted by Gasteiger charge is 2.13. The van der Waals surface area contributed by atoms with Gasteiger partial charge in [-0.05, 0) is 19.1 Å². The maximum Gasteiger partial charge on any atom is 0.387 e. The fourth-order valence-corrected chi connectivity index (χ4v) is 0.995. The lowest BCUT2D eigenvalue weighted by molar-refractivity contribution is -0.0501. The smallest absolute Gasteiger partial charge is 0.387 e. The molecule has 0 bridgehead atoms. The highest BCUT2D eigenvalue weighted by atomic mass is 19.3. The summed E-state index contributed by atoms with van der Waals surface area (Å²) in [4.78, 5) is 0. The number of alkyl halides is 2. The first-order valence-corrected chi connectivity index (χ1v) is 3.70. The quantitative estimate of drug-likeness (QED) is 0.736. The number of ether oxygens (including phenoxy) is 1. The largest absolute Gasteiger partial charge is 0.433 e. The van der Waals surface area contributed by atoms with Gasteiger partial charge in [0.05, 0.1) is 0 Å². The number of benzene rings is 1. The summed E-state index contributed by atoms with van der Waals surface area (Å²) >= 11 is 0. The Bertz CT molecular complexity index is 384. The molecule has 0 amide bonds. The molecule has 1 rings (SSSR count). The molecule has 1 aromatic carbocycles. The van der Waals surface area contributed by atoms with Crippen molar-refractivity contribution in [3.05, 3.63) is 29.1 Å². The van der Waals surface area contributed by atoms with Gasteiger partial charge in [0.2, 0.25) is 0 Å². The summed E-state index contributed by atoms with van der Waals surface area (Å²) in [5.74, 6) is -0.926. The van der Waals surface area contributed by atoms with E-state index in [4.69, 9.17) is 5.26 Å². The molecule has 0 spiro atoms. The van der Waals surface area contributed by atoms with Gasteiger partial charge in [0.15, 0.2) is 0 Å². The summed E-state index contributed by atoms with van der Waals surface area (Å²) in [6.07, 6.45) is 0. The van der Waals surface area contributed by atoms with Crippen molar-refractivity contribution in [2.24, 2.45) is 0 Å².